The van der Waals surface area contributed by atoms with Crippen molar-refractivity contribution in [2.45, 2.75) is 13.3 Å². The zero-order valence-corrected chi connectivity index (χ0v) is 13.9. The first-order valence-electron chi connectivity index (χ1n) is 8.07. The van der Waals surface area contributed by atoms with E-state index in [1.807, 2.05) is 55.5 Å². The minimum Gasteiger partial charge on any atom is -0.355 e. The molecule has 0 aliphatic carbocycles. The topological polar surface area (TPSA) is 41.1 Å². The molecular weight excluding hydrogens is 315 g/mol. The van der Waals surface area contributed by atoms with Crippen LogP contribution in [0.15, 0.2) is 72.8 Å². The number of carbonyl (C=O) groups is 1. The second-order valence-corrected chi connectivity index (χ2v) is 5.87. The fourth-order valence-corrected chi connectivity index (χ4v) is 2.54. The third-order valence-corrected chi connectivity index (χ3v) is 3.85. The zero-order valence-electron chi connectivity index (χ0n) is 13.9. The van der Waals surface area contributed by atoms with Gasteiger partial charge < -0.3 is 10.6 Å². The first-order chi connectivity index (χ1) is 12.1. The molecule has 126 valence electrons. The van der Waals surface area contributed by atoms with E-state index in [2.05, 4.69) is 10.6 Å². The molecule has 3 aromatic rings. The average molecular weight is 334 g/mol. The van der Waals surface area contributed by atoms with E-state index in [0.29, 0.717) is 11.3 Å². The number of hydrogen-bond donors (Lipinski definition) is 2. The van der Waals surface area contributed by atoms with Gasteiger partial charge in [-0.05, 0) is 60.5 Å². The molecule has 3 nitrogen and oxygen atoms in total. The highest BCUT2D eigenvalue weighted by atomic mass is 19.1. The maximum Gasteiger partial charge on any atom is 0.228 e. The standard InChI is InChI=1S/C21H19FN2O/c1-15-5-2-3-8-20(15)23-18-9-11-19(12-10-18)24-21(25)14-16-6-4-7-17(22)13-16/h2-13,23H,14H2,1H3,(H,24,25). The Kier molecular flexibility index (Phi) is 5.09. The monoisotopic (exact) mass is 334 g/mol. The van der Waals surface area contributed by atoms with Crippen molar-refractivity contribution in [3.8, 4) is 0 Å². The van der Waals surface area contributed by atoms with Gasteiger partial charge in [-0.15, -0.1) is 0 Å². The van der Waals surface area contributed by atoms with E-state index in [4.69, 9.17) is 0 Å². The molecule has 0 bridgehead atoms. The van der Waals surface area contributed by atoms with Crippen molar-refractivity contribution in [3.05, 3.63) is 89.7 Å². The van der Waals surface area contributed by atoms with Crippen LogP contribution >= 0.6 is 0 Å². The number of amides is 1. The van der Waals surface area contributed by atoms with E-state index in [9.17, 15) is 9.18 Å². The van der Waals surface area contributed by atoms with E-state index < -0.39 is 0 Å². The molecular formula is C21H19FN2O. The summed E-state index contributed by atoms with van der Waals surface area (Å²) in [4.78, 5) is 12.1. The Morgan fingerprint density at radius 1 is 0.920 bits per heavy atom. The number of para-hydroxylation sites is 1. The molecule has 0 aromatic heterocycles. The molecule has 0 heterocycles. The Labute approximate surface area is 146 Å². The van der Waals surface area contributed by atoms with Crippen LogP contribution in [0.3, 0.4) is 0 Å². The quantitative estimate of drug-likeness (QED) is 0.685. The molecule has 0 fully saturated rings. The summed E-state index contributed by atoms with van der Waals surface area (Å²) in [6.07, 6.45) is 0.140. The number of carbonyl (C=O) groups excluding carboxylic acids is 1. The van der Waals surface area contributed by atoms with E-state index in [-0.39, 0.29) is 18.1 Å². The summed E-state index contributed by atoms with van der Waals surface area (Å²) in [7, 11) is 0. The van der Waals surface area contributed by atoms with E-state index in [1.165, 1.54) is 12.1 Å². The SMILES string of the molecule is Cc1ccccc1Nc1ccc(NC(=O)Cc2cccc(F)c2)cc1. The normalized spacial score (nSPS) is 10.3. The number of rotatable bonds is 5. The van der Waals surface area contributed by atoms with Crippen molar-refractivity contribution in [3.63, 3.8) is 0 Å². The Hall–Kier alpha value is -3.14. The van der Waals surface area contributed by atoms with Gasteiger partial charge in [-0.25, -0.2) is 4.39 Å². The predicted molar refractivity (Wildman–Crippen MR) is 99.6 cm³/mol. The third kappa shape index (κ3) is 4.67. The molecule has 0 aliphatic rings. The summed E-state index contributed by atoms with van der Waals surface area (Å²) in [5.74, 6) is -0.512. The molecule has 0 saturated heterocycles. The summed E-state index contributed by atoms with van der Waals surface area (Å²) in [6, 6.07) is 21.6. The van der Waals surface area contributed by atoms with Gasteiger partial charge in [0.2, 0.25) is 5.91 Å². The van der Waals surface area contributed by atoms with Crippen LogP contribution in [-0.4, -0.2) is 5.91 Å². The zero-order chi connectivity index (χ0) is 17.6. The van der Waals surface area contributed by atoms with E-state index >= 15 is 0 Å². The largest absolute Gasteiger partial charge is 0.355 e. The lowest BCUT2D eigenvalue weighted by atomic mass is 10.1. The van der Waals surface area contributed by atoms with Crippen LogP contribution in [0.25, 0.3) is 0 Å². The lowest BCUT2D eigenvalue weighted by Gasteiger charge is -2.10. The molecule has 0 atom stereocenters. The molecule has 3 aromatic carbocycles. The molecule has 25 heavy (non-hydrogen) atoms. The summed E-state index contributed by atoms with van der Waals surface area (Å²) in [5.41, 5.74) is 4.50. The van der Waals surface area contributed by atoms with Gasteiger partial charge in [-0.3, -0.25) is 4.79 Å². The first-order valence-corrected chi connectivity index (χ1v) is 8.07. The van der Waals surface area contributed by atoms with Gasteiger partial charge in [-0.2, -0.15) is 0 Å². The summed E-state index contributed by atoms with van der Waals surface area (Å²) < 4.78 is 13.2. The maximum absolute atomic E-state index is 13.2. The number of aryl methyl sites for hydroxylation is 1. The number of benzene rings is 3. The number of halogens is 1. The van der Waals surface area contributed by atoms with Gasteiger partial charge in [0.1, 0.15) is 5.82 Å². The van der Waals surface area contributed by atoms with Gasteiger partial charge >= 0.3 is 0 Å². The Morgan fingerprint density at radius 2 is 1.64 bits per heavy atom. The highest BCUT2D eigenvalue weighted by Crippen LogP contribution is 2.21. The summed E-state index contributed by atoms with van der Waals surface area (Å²) >= 11 is 0. The molecule has 4 heteroatoms. The van der Waals surface area contributed by atoms with Crippen molar-refractivity contribution in [2.75, 3.05) is 10.6 Å². The van der Waals surface area contributed by atoms with Gasteiger partial charge in [0.15, 0.2) is 0 Å². The minimum absolute atomic E-state index is 0.140. The lowest BCUT2D eigenvalue weighted by molar-refractivity contribution is -0.115. The number of anilines is 3. The van der Waals surface area contributed by atoms with Crippen LogP contribution < -0.4 is 10.6 Å². The highest BCUT2D eigenvalue weighted by Gasteiger charge is 2.05. The van der Waals surface area contributed by atoms with E-state index in [0.717, 1.165) is 16.9 Å². The Bertz CT molecular complexity index is 875. The van der Waals surface area contributed by atoms with Crippen LogP contribution in [0.1, 0.15) is 11.1 Å². The molecule has 0 spiro atoms. The van der Waals surface area contributed by atoms with E-state index in [1.54, 1.807) is 12.1 Å². The smallest absolute Gasteiger partial charge is 0.228 e. The summed E-state index contributed by atoms with van der Waals surface area (Å²) in [6.45, 7) is 2.04. The molecule has 0 unspecified atom stereocenters. The second-order valence-electron chi connectivity index (χ2n) is 5.87. The van der Waals surface area contributed by atoms with Crippen LogP contribution in [0.5, 0.6) is 0 Å². The Balaban J connectivity index is 1.60. The fourth-order valence-electron chi connectivity index (χ4n) is 2.54. The van der Waals surface area contributed by atoms with Crippen molar-refractivity contribution in [1.29, 1.82) is 0 Å². The molecule has 1 amide bonds. The first kappa shape index (κ1) is 16.7. The highest BCUT2D eigenvalue weighted by molar-refractivity contribution is 5.92. The van der Waals surface area contributed by atoms with Crippen LogP contribution in [0.2, 0.25) is 0 Å². The molecule has 0 radical (unpaired) electrons. The maximum atomic E-state index is 13.2. The minimum atomic E-state index is -0.336. The van der Waals surface area contributed by atoms with Crippen LogP contribution in [0, 0.1) is 12.7 Å². The average Bonchev–Trinajstić information content (AvgIpc) is 2.58. The van der Waals surface area contributed by atoms with Crippen LogP contribution in [0.4, 0.5) is 21.5 Å². The van der Waals surface area contributed by atoms with Crippen molar-refractivity contribution >= 4 is 23.0 Å². The third-order valence-electron chi connectivity index (χ3n) is 3.85. The van der Waals surface area contributed by atoms with Gasteiger partial charge in [0, 0.05) is 17.1 Å². The molecule has 0 aliphatic heterocycles. The van der Waals surface area contributed by atoms with Crippen LogP contribution in [-0.2, 0) is 11.2 Å². The Morgan fingerprint density at radius 3 is 2.36 bits per heavy atom. The van der Waals surface area contributed by atoms with Gasteiger partial charge in [0.25, 0.3) is 0 Å². The van der Waals surface area contributed by atoms with Gasteiger partial charge in [-0.1, -0.05) is 30.3 Å². The molecule has 2 N–H and O–H groups in total. The summed E-state index contributed by atoms with van der Waals surface area (Å²) in [5, 5.41) is 6.17. The number of nitrogens with one attached hydrogen (secondary N) is 2. The van der Waals surface area contributed by atoms with Crippen molar-refractivity contribution in [1.82, 2.24) is 0 Å². The molecule has 0 saturated carbocycles. The fraction of sp³-hybridized carbons (Fsp3) is 0.0952. The van der Waals surface area contributed by atoms with Gasteiger partial charge in [0.05, 0.1) is 6.42 Å². The predicted octanol–water partition coefficient (Wildman–Crippen LogP) is 5.06. The lowest BCUT2D eigenvalue weighted by Crippen LogP contribution is -2.14. The second kappa shape index (κ2) is 7.62. The number of hydrogen-bond acceptors (Lipinski definition) is 2. The van der Waals surface area contributed by atoms with Crippen molar-refractivity contribution in [2.24, 2.45) is 0 Å². The molecule has 3 rings (SSSR count). The van der Waals surface area contributed by atoms with Crippen molar-refractivity contribution < 1.29 is 9.18 Å².